The Morgan fingerprint density at radius 2 is 1.83 bits per heavy atom. The Labute approximate surface area is 198 Å². The van der Waals surface area contributed by atoms with E-state index in [0.29, 0.717) is 6.10 Å². The van der Waals surface area contributed by atoms with Gasteiger partial charge in [-0.3, -0.25) is 9.89 Å². The van der Waals surface area contributed by atoms with Crippen molar-refractivity contribution in [3.63, 3.8) is 0 Å². The lowest BCUT2D eigenvalue weighted by Crippen LogP contribution is -2.47. The predicted octanol–water partition coefficient (Wildman–Crippen LogP) is 2.18. The van der Waals surface area contributed by atoms with Gasteiger partial charge in [0.25, 0.3) is 0 Å². The van der Waals surface area contributed by atoms with Crippen LogP contribution in [0.2, 0.25) is 0 Å². The lowest BCUT2D eigenvalue weighted by molar-refractivity contribution is 0.0420. The van der Waals surface area contributed by atoms with Gasteiger partial charge >= 0.3 is 0 Å². The lowest BCUT2D eigenvalue weighted by Gasteiger charge is -2.36. The fourth-order valence-corrected chi connectivity index (χ4v) is 3.77. The average molecular weight is 531 g/mol. The topological polar surface area (TPSA) is 61.4 Å². The molecular formula is C22H38IN5O2. The van der Waals surface area contributed by atoms with Gasteiger partial charge in [-0.15, -0.1) is 24.0 Å². The number of guanidine groups is 1. The van der Waals surface area contributed by atoms with Crippen LogP contribution in [-0.2, 0) is 9.47 Å². The summed E-state index contributed by atoms with van der Waals surface area (Å²) in [7, 11) is 1.82. The predicted molar refractivity (Wildman–Crippen MR) is 134 cm³/mol. The lowest BCUT2D eigenvalue weighted by atomic mass is 10.2. The number of hydrogen-bond donors (Lipinski definition) is 2. The van der Waals surface area contributed by atoms with Crippen LogP contribution in [0.3, 0.4) is 0 Å². The Hall–Kier alpha value is -1.10. The van der Waals surface area contributed by atoms with Crippen molar-refractivity contribution < 1.29 is 9.47 Å². The van der Waals surface area contributed by atoms with Gasteiger partial charge in [0, 0.05) is 65.2 Å². The number of piperazine rings is 1. The molecule has 2 heterocycles. The normalized spacial score (nSPS) is 20.1. The van der Waals surface area contributed by atoms with E-state index >= 15 is 0 Å². The molecule has 2 N–H and O–H groups in total. The molecule has 0 aliphatic carbocycles. The summed E-state index contributed by atoms with van der Waals surface area (Å²) >= 11 is 0. The molecular weight excluding hydrogens is 493 g/mol. The summed E-state index contributed by atoms with van der Waals surface area (Å²) in [4.78, 5) is 9.34. The number of halogens is 1. The van der Waals surface area contributed by atoms with E-state index < -0.39 is 0 Å². The third kappa shape index (κ3) is 8.95. The number of anilines is 1. The van der Waals surface area contributed by atoms with Crippen LogP contribution in [0.5, 0.6) is 0 Å². The molecule has 30 heavy (non-hydrogen) atoms. The van der Waals surface area contributed by atoms with Crippen molar-refractivity contribution in [1.29, 1.82) is 0 Å². The van der Waals surface area contributed by atoms with E-state index in [0.717, 1.165) is 90.9 Å². The number of hydrogen-bond acceptors (Lipinski definition) is 5. The molecule has 0 spiro atoms. The van der Waals surface area contributed by atoms with Crippen LogP contribution in [0.1, 0.15) is 19.3 Å². The number of benzene rings is 1. The van der Waals surface area contributed by atoms with Crippen molar-refractivity contribution in [1.82, 2.24) is 15.5 Å². The summed E-state index contributed by atoms with van der Waals surface area (Å²) < 4.78 is 11.1. The Kier molecular flexibility index (Phi) is 12.4. The highest BCUT2D eigenvalue weighted by Crippen LogP contribution is 2.15. The Balaban J connectivity index is 0.00000320. The third-order valence-corrected chi connectivity index (χ3v) is 5.52. The smallest absolute Gasteiger partial charge is 0.190 e. The molecule has 2 fully saturated rings. The zero-order valence-corrected chi connectivity index (χ0v) is 20.6. The molecule has 1 unspecified atom stereocenters. The highest BCUT2D eigenvalue weighted by Gasteiger charge is 2.17. The van der Waals surface area contributed by atoms with Crippen LogP contribution < -0.4 is 15.5 Å². The van der Waals surface area contributed by atoms with E-state index in [1.807, 2.05) is 7.05 Å². The van der Waals surface area contributed by atoms with E-state index in [-0.39, 0.29) is 24.0 Å². The number of para-hydroxylation sites is 1. The molecule has 1 aromatic rings. The highest BCUT2D eigenvalue weighted by molar-refractivity contribution is 14.0. The van der Waals surface area contributed by atoms with E-state index in [9.17, 15) is 0 Å². The molecule has 7 nitrogen and oxygen atoms in total. The van der Waals surface area contributed by atoms with Crippen LogP contribution in [0, 0.1) is 0 Å². The summed E-state index contributed by atoms with van der Waals surface area (Å²) in [6, 6.07) is 10.7. The first-order valence-electron chi connectivity index (χ1n) is 11.0. The summed E-state index contributed by atoms with van der Waals surface area (Å²) in [5.74, 6) is 0.878. The molecule has 2 aliphatic heterocycles. The quantitative estimate of drug-likeness (QED) is 0.209. The van der Waals surface area contributed by atoms with Crippen LogP contribution in [-0.4, -0.2) is 89.6 Å². The van der Waals surface area contributed by atoms with E-state index in [1.165, 1.54) is 5.69 Å². The Morgan fingerprint density at radius 1 is 1.10 bits per heavy atom. The summed E-state index contributed by atoms with van der Waals surface area (Å²) in [5.41, 5.74) is 1.34. The van der Waals surface area contributed by atoms with Gasteiger partial charge in [-0.2, -0.15) is 0 Å². The molecule has 0 bridgehead atoms. The second-order valence-electron chi connectivity index (χ2n) is 7.65. The molecule has 0 radical (unpaired) electrons. The second-order valence-corrected chi connectivity index (χ2v) is 7.65. The summed E-state index contributed by atoms with van der Waals surface area (Å²) in [6.07, 6.45) is 3.42. The first-order chi connectivity index (χ1) is 14.3. The van der Waals surface area contributed by atoms with Gasteiger partial charge in [0.15, 0.2) is 5.96 Å². The minimum atomic E-state index is 0. The maximum atomic E-state index is 5.79. The van der Waals surface area contributed by atoms with Crippen LogP contribution >= 0.6 is 24.0 Å². The fourth-order valence-electron chi connectivity index (χ4n) is 3.77. The van der Waals surface area contributed by atoms with Crippen LogP contribution in [0.25, 0.3) is 0 Å². The number of ether oxygens (including phenoxy) is 2. The maximum absolute atomic E-state index is 5.79. The molecule has 170 valence electrons. The molecule has 3 rings (SSSR count). The molecule has 0 saturated carbocycles. The number of nitrogens with one attached hydrogen (secondary N) is 2. The van der Waals surface area contributed by atoms with Crippen LogP contribution in [0.4, 0.5) is 5.69 Å². The first kappa shape index (κ1) is 25.2. The van der Waals surface area contributed by atoms with Gasteiger partial charge < -0.3 is 25.0 Å². The molecule has 2 saturated heterocycles. The van der Waals surface area contributed by atoms with Gasteiger partial charge in [0.05, 0.1) is 12.7 Å². The second kappa shape index (κ2) is 14.8. The minimum absolute atomic E-state index is 0. The van der Waals surface area contributed by atoms with Crippen molar-refractivity contribution in [2.24, 2.45) is 4.99 Å². The van der Waals surface area contributed by atoms with E-state index in [4.69, 9.17) is 9.47 Å². The van der Waals surface area contributed by atoms with Crippen LogP contribution in [0.15, 0.2) is 35.3 Å². The minimum Gasteiger partial charge on any atom is -0.379 e. The zero-order chi connectivity index (χ0) is 20.2. The van der Waals surface area contributed by atoms with Gasteiger partial charge in [0.2, 0.25) is 0 Å². The number of nitrogens with zero attached hydrogens (tertiary/aromatic N) is 3. The van der Waals surface area contributed by atoms with Crippen molar-refractivity contribution in [2.45, 2.75) is 25.4 Å². The standard InChI is InChI=1S/C22H37N5O2.HI/c1-23-22(25-11-6-17-29-21-9-18-28-19-21)24-10-5-12-26-13-15-27(16-14-26)20-7-3-2-4-8-20;/h2-4,7-8,21H,5-6,9-19H2,1H3,(H2,23,24,25);1H. The SMILES string of the molecule is CN=C(NCCCOC1CCOC1)NCCCN1CCN(c2ccccc2)CC1.I. The van der Waals surface area contributed by atoms with Crippen molar-refractivity contribution >= 4 is 35.6 Å². The highest BCUT2D eigenvalue weighted by atomic mass is 127. The van der Waals surface area contributed by atoms with Gasteiger partial charge in [0.1, 0.15) is 0 Å². The molecule has 0 amide bonds. The molecule has 8 heteroatoms. The fraction of sp³-hybridized carbons (Fsp3) is 0.682. The first-order valence-corrected chi connectivity index (χ1v) is 11.0. The van der Waals surface area contributed by atoms with Gasteiger partial charge in [-0.1, -0.05) is 18.2 Å². The summed E-state index contributed by atoms with van der Waals surface area (Å²) in [5, 5.41) is 6.78. The van der Waals surface area contributed by atoms with E-state index in [1.54, 1.807) is 0 Å². The van der Waals surface area contributed by atoms with Crippen molar-refractivity contribution in [3.8, 4) is 0 Å². The Bertz CT molecular complexity index is 590. The molecule has 0 aromatic heterocycles. The number of rotatable bonds is 10. The molecule has 1 atom stereocenters. The summed E-state index contributed by atoms with van der Waals surface area (Å²) in [6.45, 7) is 9.77. The molecule has 2 aliphatic rings. The van der Waals surface area contributed by atoms with Gasteiger partial charge in [-0.05, 0) is 37.9 Å². The van der Waals surface area contributed by atoms with E-state index in [2.05, 4.69) is 55.8 Å². The zero-order valence-electron chi connectivity index (χ0n) is 18.2. The Morgan fingerprint density at radius 3 is 2.50 bits per heavy atom. The number of aliphatic imine (C=N–C) groups is 1. The average Bonchev–Trinajstić information content (AvgIpc) is 3.29. The third-order valence-electron chi connectivity index (χ3n) is 5.52. The monoisotopic (exact) mass is 531 g/mol. The van der Waals surface area contributed by atoms with Gasteiger partial charge in [-0.25, -0.2) is 0 Å². The van der Waals surface area contributed by atoms with Crippen molar-refractivity contribution in [3.05, 3.63) is 30.3 Å². The van der Waals surface area contributed by atoms with Crippen molar-refractivity contribution in [2.75, 3.05) is 77.6 Å². The molecule has 1 aromatic carbocycles. The largest absolute Gasteiger partial charge is 0.379 e. The maximum Gasteiger partial charge on any atom is 0.190 e.